The van der Waals surface area contributed by atoms with E-state index in [0.29, 0.717) is 10.7 Å². The van der Waals surface area contributed by atoms with Crippen LogP contribution >= 0.6 is 11.6 Å². The first-order chi connectivity index (χ1) is 10.3. The molecule has 1 heterocycles. The highest BCUT2D eigenvalue weighted by Crippen LogP contribution is 2.20. The minimum atomic E-state index is -0.576. The zero-order valence-corrected chi connectivity index (χ0v) is 13.4. The van der Waals surface area contributed by atoms with Crippen molar-refractivity contribution >= 4 is 35.1 Å². The summed E-state index contributed by atoms with van der Waals surface area (Å²) in [5.74, 6) is -0.851. The Morgan fingerprint density at radius 3 is 2.68 bits per heavy atom. The van der Waals surface area contributed by atoms with Crippen LogP contribution in [0.25, 0.3) is 0 Å². The molecule has 0 aromatic heterocycles. The van der Waals surface area contributed by atoms with Crippen LogP contribution < -0.4 is 10.6 Å². The zero-order chi connectivity index (χ0) is 16.4. The van der Waals surface area contributed by atoms with Crippen LogP contribution in [-0.2, 0) is 9.59 Å². The minimum Gasteiger partial charge on any atom is -0.326 e. The van der Waals surface area contributed by atoms with Gasteiger partial charge >= 0.3 is 6.03 Å². The largest absolute Gasteiger partial charge is 0.326 e. The molecule has 22 heavy (non-hydrogen) atoms. The van der Waals surface area contributed by atoms with Gasteiger partial charge in [-0.3, -0.25) is 14.5 Å². The lowest BCUT2D eigenvalue weighted by atomic mass is 10.1. The Kier molecular flexibility index (Phi) is 4.71. The smallest absolute Gasteiger partial charge is 0.325 e. The van der Waals surface area contributed by atoms with Gasteiger partial charge in [0.2, 0.25) is 5.91 Å². The van der Waals surface area contributed by atoms with E-state index in [9.17, 15) is 14.4 Å². The monoisotopic (exact) mass is 323 g/mol. The Labute approximate surface area is 133 Å². The number of urea groups is 1. The van der Waals surface area contributed by atoms with Gasteiger partial charge in [0, 0.05) is 10.7 Å². The Bertz CT molecular complexity index is 630. The summed E-state index contributed by atoms with van der Waals surface area (Å²) in [5, 5.41) is 5.74. The lowest BCUT2D eigenvalue weighted by Gasteiger charge is -2.15. The Morgan fingerprint density at radius 2 is 2.09 bits per heavy atom. The van der Waals surface area contributed by atoms with Crippen molar-refractivity contribution in [3.63, 3.8) is 0 Å². The first kappa shape index (κ1) is 16.3. The second-order valence-corrected chi connectivity index (χ2v) is 6.04. The maximum absolute atomic E-state index is 12.1. The molecule has 118 valence electrons. The molecule has 1 aromatic rings. The molecule has 1 aliphatic rings. The van der Waals surface area contributed by atoms with Crippen LogP contribution in [0.1, 0.15) is 19.4 Å². The summed E-state index contributed by atoms with van der Waals surface area (Å²) < 4.78 is 0. The summed E-state index contributed by atoms with van der Waals surface area (Å²) in [6.45, 7) is 5.18. The first-order valence-electron chi connectivity index (χ1n) is 6.97. The lowest BCUT2D eigenvalue weighted by molar-refractivity contribution is -0.131. The van der Waals surface area contributed by atoms with E-state index >= 15 is 0 Å². The van der Waals surface area contributed by atoms with Crippen molar-refractivity contribution in [2.45, 2.75) is 26.8 Å². The SMILES string of the molecule is Cc1ccc(Cl)cc1NC(=O)CN1C(=O)N[C@@H](C(C)C)C1=O. The molecule has 1 aromatic carbocycles. The minimum absolute atomic E-state index is 0.0281. The van der Waals surface area contributed by atoms with Gasteiger partial charge in [-0.25, -0.2) is 4.79 Å². The molecule has 0 spiro atoms. The van der Waals surface area contributed by atoms with E-state index in [1.54, 1.807) is 18.2 Å². The second-order valence-electron chi connectivity index (χ2n) is 5.60. The second kappa shape index (κ2) is 6.36. The number of amides is 4. The van der Waals surface area contributed by atoms with Crippen LogP contribution in [0.15, 0.2) is 18.2 Å². The van der Waals surface area contributed by atoms with Crippen LogP contribution in [-0.4, -0.2) is 35.3 Å². The molecular formula is C15H18ClN3O3. The average molecular weight is 324 g/mol. The van der Waals surface area contributed by atoms with Gasteiger partial charge in [-0.15, -0.1) is 0 Å². The first-order valence-corrected chi connectivity index (χ1v) is 7.35. The number of nitrogens with one attached hydrogen (secondary N) is 2. The lowest BCUT2D eigenvalue weighted by Crippen LogP contribution is -2.39. The van der Waals surface area contributed by atoms with Gasteiger partial charge in [-0.05, 0) is 30.5 Å². The van der Waals surface area contributed by atoms with Crippen molar-refractivity contribution in [1.29, 1.82) is 0 Å². The standard InChI is InChI=1S/C15H18ClN3O3/c1-8(2)13-14(21)19(15(22)18-13)7-12(20)17-11-6-10(16)5-4-9(11)3/h4-6,8,13H,7H2,1-3H3,(H,17,20)(H,18,22)/t13-/m0/s1. The van der Waals surface area contributed by atoms with Crippen molar-refractivity contribution in [2.24, 2.45) is 5.92 Å². The van der Waals surface area contributed by atoms with E-state index in [1.807, 2.05) is 20.8 Å². The molecule has 0 unspecified atom stereocenters. The van der Waals surface area contributed by atoms with E-state index in [4.69, 9.17) is 11.6 Å². The molecule has 2 rings (SSSR count). The number of halogens is 1. The number of rotatable bonds is 4. The van der Waals surface area contributed by atoms with Crippen molar-refractivity contribution in [3.05, 3.63) is 28.8 Å². The summed E-state index contributed by atoms with van der Waals surface area (Å²) in [6.07, 6.45) is 0. The van der Waals surface area contributed by atoms with Gasteiger partial charge in [-0.1, -0.05) is 31.5 Å². The summed E-state index contributed by atoms with van der Waals surface area (Å²) >= 11 is 5.89. The quantitative estimate of drug-likeness (QED) is 0.833. The van der Waals surface area contributed by atoms with Crippen LogP contribution in [0.2, 0.25) is 5.02 Å². The van der Waals surface area contributed by atoms with Crippen molar-refractivity contribution in [3.8, 4) is 0 Å². The summed E-state index contributed by atoms with van der Waals surface area (Å²) in [7, 11) is 0. The fourth-order valence-corrected chi connectivity index (χ4v) is 2.38. The van der Waals surface area contributed by atoms with E-state index in [1.165, 1.54) is 0 Å². The van der Waals surface area contributed by atoms with Gasteiger partial charge in [0.15, 0.2) is 0 Å². The molecule has 2 N–H and O–H groups in total. The number of carbonyl (C=O) groups is 3. The highest BCUT2D eigenvalue weighted by molar-refractivity contribution is 6.31. The van der Waals surface area contributed by atoms with Crippen LogP contribution in [0.4, 0.5) is 10.5 Å². The Hall–Kier alpha value is -2.08. The molecule has 0 radical (unpaired) electrons. The number of aryl methyl sites for hydroxylation is 1. The summed E-state index contributed by atoms with van der Waals surface area (Å²) in [4.78, 5) is 36.9. The van der Waals surface area contributed by atoms with Gasteiger partial charge in [0.05, 0.1) is 0 Å². The number of benzene rings is 1. The normalized spacial score (nSPS) is 17.9. The zero-order valence-electron chi connectivity index (χ0n) is 12.6. The molecule has 1 fully saturated rings. The van der Waals surface area contributed by atoms with Crippen molar-refractivity contribution in [1.82, 2.24) is 10.2 Å². The topological polar surface area (TPSA) is 78.5 Å². The molecular weight excluding hydrogens is 306 g/mol. The number of hydrogen-bond donors (Lipinski definition) is 2. The van der Waals surface area contributed by atoms with E-state index < -0.39 is 18.0 Å². The fourth-order valence-electron chi connectivity index (χ4n) is 2.20. The molecule has 4 amide bonds. The van der Waals surface area contributed by atoms with E-state index in [0.717, 1.165) is 10.5 Å². The third-order valence-corrected chi connectivity index (χ3v) is 3.73. The summed E-state index contributed by atoms with van der Waals surface area (Å²) in [5.41, 5.74) is 1.40. The van der Waals surface area contributed by atoms with E-state index in [2.05, 4.69) is 10.6 Å². The van der Waals surface area contributed by atoms with Crippen LogP contribution in [0.5, 0.6) is 0 Å². The maximum Gasteiger partial charge on any atom is 0.325 e. The van der Waals surface area contributed by atoms with E-state index in [-0.39, 0.29) is 18.4 Å². The molecule has 7 heteroatoms. The third kappa shape index (κ3) is 3.39. The molecule has 0 saturated carbocycles. The number of nitrogens with zero attached hydrogens (tertiary/aromatic N) is 1. The highest BCUT2D eigenvalue weighted by atomic mass is 35.5. The Balaban J connectivity index is 2.05. The Morgan fingerprint density at radius 1 is 1.41 bits per heavy atom. The molecule has 0 bridgehead atoms. The maximum atomic E-state index is 12.1. The van der Waals surface area contributed by atoms with Gasteiger partial charge in [0.25, 0.3) is 5.91 Å². The fraction of sp³-hybridized carbons (Fsp3) is 0.400. The number of anilines is 1. The van der Waals surface area contributed by atoms with Crippen molar-refractivity contribution in [2.75, 3.05) is 11.9 Å². The van der Waals surface area contributed by atoms with Crippen LogP contribution in [0.3, 0.4) is 0 Å². The molecule has 6 nitrogen and oxygen atoms in total. The molecule has 0 aliphatic carbocycles. The molecule has 1 saturated heterocycles. The molecule has 1 atom stereocenters. The van der Waals surface area contributed by atoms with Crippen molar-refractivity contribution < 1.29 is 14.4 Å². The third-order valence-electron chi connectivity index (χ3n) is 3.50. The molecule has 1 aliphatic heterocycles. The van der Waals surface area contributed by atoms with Gasteiger partial charge < -0.3 is 10.6 Å². The van der Waals surface area contributed by atoms with Gasteiger partial charge in [0.1, 0.15) is 12.6 Å². The predicted molar refractivity (Wildman–Crippen MR) is 83.7 cm³/mol. The number of imide groups is 1. The number of carbonyl (C=O) groups excluding carboxylic acids is 3. The average Bonchev–Trinajstić information content (AvgIpc) is 2.71. The summed E-state index contributed by atoms with van der Waals surface area (Å²) in [6, 6.07) is 4.00. The highest BCUT2D eigenvalue weighted by Gasteiger charge is 2.40. The van der Waals surface area contributed by atoms with Crippen LogP contribution in [0, 0.1) is 12.8 Å². The number of hydrogen-bond acceptors (Lipinski definition) is 3. The predicted octanol–water partition coefficient (Wildman–Crippen LogP) is 2.16. The van der Waals surface area contributed by atoms with Gasteiger partial charge in [-0.2, -0.15) is 0 Å².